The molecule has 13 heavy (non-hydrogen) atoms. The van der Waals surface area contributed by atoms with E-state index in [2.05, 4.69) is 55.2 Å². The van der Waals surface area contributed by atoms with E-state index >= 15 is 0 Å². The molecule has 0 aliphatic heterocycles. The highest BCUT2D eigenvalue weighted by Gasteiger charge is 2.18. The predicted molar refractivity (Wildman–Crippen MR) is 61.8 cm³/mol. The summed E-state index contributed by atoms with van der Waals surface area (Å²) < 4.78 is 0. The minimum absolute atomic E-state index is 0.642. The lowest BCUT2D eigenvalue weighted by atomic mass is 10.4. The molecule has 0 fully saturated rings. The maximum absolute atomic E-state index is 5.45. The quantitative estimate of drug-likeness (QED) is 0.722. The standard InChI is InChI=1S/C11H17NSi/c1-13(2,10-6-9-12)11-7-4-3-5-8-11/h3-8,10H,9,12H2,1-2H3/b10-6+. The third-order valence-corrected chi connectivity index (χ3v) is 5.08. The first-order valence-electron chi connectivity index (χ1n) is 4.60. The highest BCUT2D eigenvalue weighted by atomic mass is 28.3. The van der Waals surface area contributed by atoms with Crippen molar-refractivity contribution < 1.29 is 0 Å². The maximum atomic E-state index is 5.45. The van der Waals surface area contributed by atoms with E-state index in [0.29, 0.717) is 6.54 Å². The molecule has 0 bridgehead atoms. The van der Waals surface area contributed by atoms with Crippen LogP contribution >= 0.6 is 0 Å². The van der Waals surface area contributed by atoms with Crippen LogP contribution in [0.3, 0.4) is 0 Å². The molecule has 1 aromatic rings. The number of hydrogen-bond donors (Lipinski definition) is 1. The molecule has 70 valence electrons. The first-order valence-corrected chi connectivity index (χ1v) is 7.68. The van der Waals surface area contributed by atoms with E-state index in [0.717, 1.165) is 0 Å². The van der Waals surface area contributed by atoms with Crippen molar-refractivity contribution in [3.05, 3.63) is 42.1 Å². The summed E-state index contributed by atoms with van der Waals surface area (Å²) >= 11 is 0. The van der Waals surface area contributed by atoms with Crippen molar-refractivity contribution >= 4 is 13.3 Å². The zero-order chi connectivity index (χ0) is 9.73. The van der Waals surface area contributed by atoms with Gasteiger partial charge in [0, 0.05) is 6.54 Å². The average molecular weight is 191 g/mol. The summed E-state index contributed by atoms with van der Waals surface area (Å²) in [6.07, 6.45) is 2.07. The van der Waals surface area contributed by atoms with Gasteiger partial charge in [0.2, 0.25) is 0 Å². The Morgan fingerprint density at radius 2 is 1.85 bits per heavy atom. The zero-order valence-corrected chi connectivity index (χ0v) is 9.33. The Morgan fingerprint density at radius 3 is 2.38 bits per heavy atom. The Hall–Kier alpha value is -0.863. The van der Waals surface area contributed by atoms with Crippen molar-refractivity contribution in [3.63, 3.8) is 0 Å². The van der Waals surface area contributed by atoms with E-state index in [1.165, 1.54) is 5.19 Å². The lowest BCUT2D eigenvalue weighted by Crippen LogP contribution is -2.39. The third-order valence-electron chi connectivity index (χ3n) is 2.19. The minimum atomic E-state index is -1.36. The molecule has 0 radical (unpaired) electrons. The molecule has 0 unspecified atom stereocenters. The van der Waals surface area contributed by atoms with E-state index in [1.54, 1.807) is 0 Å². The Balaban J connectivity index is 2.87. The van der Waals surface area contributed by atoms with Crippen LogP contribution in [-0.2, 0) is 0 Å². The molecule has 2 heteroatoms. The van der Waals surface area contributed by atoms with Crippen molar-refractivity contribution in [2.24, 2.45) is 5.73 Å². The molecule has 0 saturated carbocycles. The van der Waals surface area contributed by atoms with Gasteiger partial charge in [-0.3, -0.25) is 0 Å². The van der Waals surface area contributed by atoms with Gasteiger partial charge in [-0.2, -0.15) is 0 Å². The molecule has 1 aromatic carbocycles. The lowest BCUT2D eigenvalue weighted by molar-refractivity contribution is 1.26. The molecular formula is C11H17NSi. The molecule has 0 heterocycles. The van der Waals surface area contributed by atoms with Crippen LogP contribution in [-0.4, -0.2) is 14.6 Å². The number of hydrogen-bond acceptors (Lipinski definition) is 1. The normalized spacial score (nSPS) is 12.2. The van der Waals surface area contributed by atoms with Gasteiger partial charge in [0.1, 0.15) is 8.07 Å². The van der Waals surface area contributed by atoms with Gasteiger partial charge in [0.05, 0.1) is 0 Å². The molecular weight excluding hydrogens is 174 g/mol. The summed E-state index contributed by atoms with van der Waals surface area (Å²) in [5.41, 5.74) is 7.74. The van der Waals surface area contributed by atoms with Crippen LogP contribution in [0.15, 0.2) is 42.1 Å². The van der Waals surface area contributed by atoms with Crippen LogP contribution in [0.25, 0.3) is 0 Å². The van der Waals surface area contributed by atoms with E-state index in [9.17, 15) is 0 Å². The second-order valence-corrected chi connectivity index (χ2v) is 8.08. The fourth-order valence-electron chi connectivity index (χ4n) is 1.33. The molecule has 1 nitrogen and oxygen atoms in total. The summed E-state index contributed by atoms with van der Waals surface area (Å²) in [5.74, 6) is 0. The molecule has 1 rings (SSSR count). The van der Waals surface area contributed by atoms with Crippen molar-refractivity contribution in [1.29, 1.82) is 0 Å². The lowest BCUT2D eigenvalue weighted by Gasteiger charge is -2.17. The number of benzene rings is 1. The molecule has 0 amide bonds. The van der Waals surface area contributed by atoms with Crippen molar-refractivity contribution in [2.75, 3.05) is 6.54 Å². The first kappa shape index (κ1) is 10.2. The summed E-state index contributed by atoms with van der Waals surface area (Å²) in [4.78, 5) is 0. The van der Waals surface area contributed by atoms with Crippen LogP contribution in [0.2, 0.25) is 13.1 Å². The van der Waals surface area contributed by atoms with Gasteiger partial charge in [-0.25, -0.2) is 0 Å². The molecule has 0 spiro atoms. The van der Waals surface area contributed by atoms with E-state index < -0.39 is 8.07 Å². The van der Waals surface area contributed by atoms with Crippen molar-refractivity contribution in [2.45, 2.75) is 13.1 Å². The highest BCUT2D eigenvalue weighted by Crippen LogP contribution is 2.04. The van der Waals surface area contributed by atoms with E-state index in [1.807, 2.05) is 0 Å². The van der Waals surface area contributed by atoms with Gasteiger partial charge in [0.25, 0.3) is 0 Å². The molecule has 0 aliphatic rings. The van der Waals surface area contributed by atoms with Crippen molar-refractivity contribution in [1.82, 2.24) is 0 Å². The third kappa shape index (κ3) is 2.83. The Kier molecular flexibility index (Phi) is 3.45. The van der Waals surface area contributed by atoms with Gasteiger partial charge >= 0.3 is 0 Å². The molecule has 0 saturated heterocycles. The second-order valence-electron chi connectivity index (χ2n) is 3.73. The Labute approximate surface area is 81.3 Å². The van der Waals surface area contributed by atoms with Crippen LogP contribution in [0, 0.1) is 0 Å². The summed E-state index contributed by atoms with van der Waals surface area (Å²) in [5, 5.41) is 1.46. The molecule has 0 aliphatic carbocycles. The molecule has 0 aromatic heterocycles. The predicted octanol–water partition coefficient (Wildman–Crippen LogP) is 1.66. The van der Waals surface area contributed by atoms with Crippen molar-refractivity contribution in [3.8, 4) is 0 Å². The number of rotatable bonds is 3. The largest absolute Gasteiger partial charge is 0.327 e. The van der Waals surface area contributed by atoms with Gasteiger partial charge in [-0.05, 0) is 0 Å². The van der Waals surface area contributed by atoms with Crippen LogP contribution < -0.4 is 10.9 Å². The van der Waals surface area contributed by atoms with Gasteiger partial charge in [-0.15, -0.1) is 0 Å². The van der Waals surface area contributed by atoms with E-state index in [4.69, 9.17) is 5.73 Å². The van der Waals surface area contributed by atoms with E-state index in [-0.39, 0.29) is 0 Å². The van der Waals surface area contributed by atoms with Gasteiger partial charge in [0.15, 0.2) is 0 Å². The SMILES string of the molecule is C[Si](C)(/C=C/CN)c1ccccc1. The Bertz CT molecular complexity index is 277. The summed E-state index contributed by atoms with van der Waals surface area (Å²) in [6.45, 7) is 5.30. The Morgan fingerprint density at radius 1 is 1.23 bits per heavy atom. The summed E-state index contributed by atoms with van der Waals surface area (Å²) in [6, 6.07) is 10.7. The van der Waals surface area contributed by atoms with Gasteiger partial charge < -0.3 is 5.73 Å². The fraction of sp³-hybridized carbons (Fsp3) is 0.273. The molecule has 2 N–H and O–H groups in total. The van der Waals surface area contributed by atoms with Crippen LogP contribution in [0.1, 0.15) is 0 Å². The highest BCUT2D eigenvalue weighted by molar-refractivity contribution is 6.93. The molecule has 0 atom stereocenters. The van der Waals surface area contributed by atoms with Crippen LogP contribution in [0.4, 0.5) is 0 Å². The summed E-state index contributed by atoms with van der Waals surface area (Å²) in [7, 11) is -1.36. The monoisotopic (exact) mass is 191 g/mol. The average Bonchev–Trinajstić information content (AvgIpc) is 2.16. The fourth-order valence-corrected chi connectivity index (χ4v) is 3.30. The second kappa shape index (κ2) is 4.39. The smallest absolute Gasteiger partial charge is 0.103 e. The first-order chi connectivity index (χ1) is 6.17. The van der Waals surface area contributed by atoms with Gasteiger partial charge in [-0.1, -0.05) is 60.4 Å². The minimum Gasteiger partial charge on any atom is -0.327 e. The topological polar surface area (TPSA) is 26.0 Å². The zero-order valence-electron chi connectivity index (χ0n) is 8.33. The van der Waals surface area contributed by atoms with Crippen LogP contribution in [0.5, 0.6) is 0 Å². The number of nitrogens with two attached hydrogens (primary N) is 1. The maximum Gasteiger partial charge on any atom is 0.103 e.